The molecule has 1 unspecified atom stereocenters. The van der Waals surface area contributed by atoms with Gasteiger partial charge in [0.1, 0.15) is 6.10 Å². The number of hydrogen-bond acceptors (Lipinski definition) is 6. The fraction of sp³-hybridized carbons (Fsp3) is 0.778. The molecule has 0 amide bonds. The smallest absolute Gasteiger partial charge is 0.303 e. The Bertz CT molecular complexity index is 375. The number of ether oxygens (including phenoxy) is 2. The van der Waals surface area contributed by atoms with E-state index in [4.69, 9.17) is 14.6 Å². The van der Waals surface area contributed by atoms with Gasteiger partial charge in [0.25, 0.3) is 0 Å². The van der Waals surface area contributed by atoms with Gasteiger partial charge in [0.05, 0.1) is 19.8 Å². The number of rotatable bonds is 5. The quantitative estimate of drug-likeness (QED) is 0.751. The number of aliphatic carboxylic acids is 1. The second kappa shape index (κ2) is 5.69. The zero-order valence-corrected chi connectivity index (χ0v) is 9.28. The molecule has 1 aromatic rings. The summed E-state index contributed by atoms with van der Waals surface area (Å²) in [5, 5.41) is 19.8. The number of aryl methyl sites for hydroxylation is 1. The van der Waals surface area contributed by atoms with E-state index in [0.29, 0.717) is 38.6 Å². The fourth-order valence-corrected chi connectivity index (χ4v) is 1.62. The summed E-state index contributed by atoms with van der Waals surface area (Å²) in [6, 6.07) is 0. The Morgan fingerprint density at radius 2 is 2.41 bits per heavy atom. The summed E-state index contributed by atoms with van der Waals surface area (Å²) >= 11 is 0. The Labute approximate surface area is 97.5 Å². The van der Waals surface area contributed by atoms with Crippen LogP contribution in [-0.2, 0) is 20.8 Å². The molecule has 0 aromatic carbocycles. The topological polar surface area (TPSA) is 99.4 Å². The van der Waals surface area contributed by atoms with Crippen LogP contribution in [0.1, 0.15) is 24.8 Å². The lowest BCUT2D eigenvalue weighted by atomic mass is 10.3. The number of aromatic nitrogens is 4. The van der Waals surface area contributed by atoms with Crippen LogP contribution >= 0.6 is 0 Å². The number of hydrogen-bond donors (Lipinski definition) is 1. The van der Waals surface area contributed by atoms with Gasteiger partial charge in [-0.2, -0.15) is 0 Å². The first-order valence-electron chi connectivity index (χ1n) is 5.44. The molecule has 1 aliphatic heterocycles. The molecular weight excluding hydrogens is 228 g/mol. The summed E-state index contributed by atoms with van der Waals surface area (Å²) in [5.74, 6) is -0.230. The van der Waals surface area contributed by atoms with Crippen molar-refractivity contribution in [3.63, 3.8) is 0 Å². The number of carboxylic acid groups (broad SMARTS) is 1. The van der Waals surface area contributed by atoms with Crippen molar-refractivity contribution in [3.05, 3.63) is 5.82 Å². The Morgan fingerprint density at radius 1 is 1.53 bits per heavy atom. The first kappa shape index (κ1) is 11.9. The zero-order valence-electron chi connectivity index (χ0n) is 9.28. The second-order valence-electron chi connectivity index (χ2n) is 3.69. The summed E-state index contributed by atoms with van der Waals surface area (Å²) in [5.41, 5.74) is 0. The molecule has 1 saturated heterocycles. The maximum absolute atomic E-state index is 10.4. The summed E-state index contributed by atoms with van der Waals surface area (Å²) in [6.45, 7) is 2.00. The molecule has 0 saturated carbocycles. The molecule has 1 atom stereocenters. The molecule has 8 nitrogen and oxygen atoms in total. The van der Waals surface area contributed by atoms with E-state index < -0.39 is 5.97 Å². The van der Waals surface area contributed by atoms with E-state index in [1.165, 1.54) is 0 Å². The van der Waals surface area contributed by atoms with Crippen molar-refractivity contribution < 1.29 is 19.4 Å². The number of carbonyl (C=O) groups is 1. The predicted octanol–water partition coefficient (Wildman–Crippen LogP) is -0.374. The monoisotopic (exact) mass is 242 g/mol. The summed E-state index contributed by atoms with van der Waals surface area (Å²) in [4.78, 5) is 10.4. The maximum Gasteiger partial charge on any atom is 0.303 e. The average molecular weight is 242 g/mol. The highest BCUT2D eigenvalue weighted by Gasteiger charge is 2.22. The highest BCUT2D eigenvalue weighted by molar-refractivity contribution is 5.66. The highest BCUT2D eigenvalue weighted by Crippen LogP contribution is 2.17. The van der Waals surface area contributed by atoms with E-state index in [1.54, 1.807) is 4.68 Å². The van der Waals surface area contributed by atoms with Crippen molar-refractivity contribution >= 4 is 5.97 Å². The molecule has 17 heavy (non-hydrogen) atoms. The zero-order chi connectivity index (χ0) is 12.1. The van der Waals surface area contributed by atoms with Crippen molar-refractivity contribution in [2.24, 2.45) is 0 Å². The van der Waals surface area contributed by atoms with E-state index in [2.05, 4.69) is 15.5 Å². The molecule has 8 heteroatoms. The van der Waals surface area contributed by atoms with Gasteiger partial charge in [-0.1, -0.05) is 0 Å². The van der Waals surface area contributed by atoms with Crippen LogP contribution in [0.15, 0.2) is 0 Å². The number of tetrazole rings is 1. The van der Waals surface area contributed by atoms with Gasteiger partial charge in [-0.05, 0) is 16.8 Å². The lowest BCUT2D eigenvalue weighted by Crippen LogP contribution is -2.25. The van der Waals surface area contributed by atoms with E-state index >= 15 is 0 Å². The van der Waals surface area contributed by atoms with Gasteiger partial charge in [-0.3, -0.25) is 4.79 Å². The normalized spacial score (nSPS) is 20.4. The molecule has 1 aromatic heterocycles. The van der Waals surface area contributed by atoms with Gasteiger partial charge in [0, 0.05) is 13.0 Å². The Morgan fingerprint density at radius 3 is 3.12 bits per heavy atom. The van der Waals surface area contributed by atoms with E-state index in [-0.39, 0.29) is 12.5 Å². The Kier molecular flexibility index (Phi) is 3.99. The molecule has 0 spiro atoms. The van der Waals surface area contributed by atoms with Crippen LogP contribution in [0.2, 0.25) is 0 Å². The first-order chi connectivity index (χ1) is 8.27. The van der Waals surface area contributed by atoms with Crippen molar-refractivity contribution in [1.82, 2.24) is 20.2 Å². The van der Waals surface area contributed by atoms with Crippen molar-refractivity contribution in [2.75, 3.05) is 19.8 Å². The molecular formula is C9H14N4O4. The van der Waals surface area contributed by atoms with Crippen molar-refractivity contribution in [3.8, 4) is 0 Å². The molecule has 1 N–H and O–H groups in total. The molecule has 0 aliphatic carbocycles. The standard InChI is InChI=1S/C9H14N4O4/c14-8(15)2-1-3-13-9(10-11-12-13)7-6-16-4-5-17-7/h7H,1-6H2,(H,14,15). The van der Waals surface area contributed by atoms with Gasteiger partial charge >= 0.3 is 5.97 Å². The van der Waals surface area contributed by atoms with Crippen LogP contribution in [0.3, 0.4) is 0 Å². The van der Waals surface area contributed by atoms with Crippen molar-refractivity contribution in [1.29, 1.82) is 0 Å². The second-order valence-corrected chi connectivity index (χ2v) is 3.69. The summed E-state index contributed by atoms with van der Waals surface area (Å²) < 4.78 is 12.3. The lowest BCUT2D eigenvalue weighted by molar-refractivity contribution is -0.137. The van der Waals surface area contributed by atoms with Gasteiger partial charge < -0.3 is 14.6 Å². The molecule has 2 rings (SSSR count). The summed E-state index contributed by atoms with van der Waals surface area (Å²) in [7, 11) is 0. The van der Waals surface area contributed by atoms with Crippen LogP contribution in [0.4, 0.5) is 0 Å². The SMILES string of the molecule is O=C(O)CCCn1nnnc1C1COCCO1. The van der Waals surface area contributed by atoms with Crippen molar-refractivity contribution in [2.45, 2.75) is 25.5 Å². The highest BCUT2D eigenvalue weighted by atomic mass is 16.6. The number of carboxylic acids is 1. The summed E-state index contributed by atoms with van der Waals surface area (Å²) in [6.07, 6.45) is 0.325. The molecule has 1 fully saturated rings. The van der Waals surface area contributed by atoms with Gasteiger partial charge in [0.2, 0.25) is 0 Å². The minimum absolute atomic E-state index is 0.0985. The third kappa shape index (κ3) is 3.21. The van der Waals surface area contributed by atoms with Crippen LogP contribution < -0.4 is 0 Å². The first-order valence-corrected chi connectivity index (χ1v) is 5.44. The van der Waals surface area contributed by atoms with Gasteiger partial charge in [-0.25, -0.2) is 4.68 Å². The average Bonchev–Trinajstić information content (AvgIpc) is 2.78. The van der Waals surface area contributed by atoms with E-state index in [0.717, 1.165) is 0 Å². The Hall–Kier alpha value is -1.54. The van der Waals surface area contributed by atoms with E-state index in [1.807, 2.05) is 0 Å². The van der Waals surface area contributed by atoms with Gasteiger partial charge in [0.15, 0.2) is 5.82 Å². The molecule has 94 valence electrons. The molecule has 1 aliphatic rings. The van der Waals surface area contributed by atoms with E-state index in [9.17, 15) is 4.79 Å². The van der Waals surface area contributed by atoms with Crippen LogP contribution in [0.25, 0.3) is 0 Å². The minimum atomic E-state index is -0.822. The van der Waals surface area contributed by atoms with Crippen LogP contribution in [0, 0.1) is 0 Å². The predicted molar refractivity (Wildman–Crippen MR) is 54.2 cm³/mol. The largest absolute Gasteiger partial charge is 0.481 e. The molecule has 2 heterocycles. The molecule has 0 bridgehead atoms. The minimum Gasteiger partial charge on any atom is -0.481 e. The van der Waals surface area contributed by atoms with Crippen LogP contribution in [0.5, 0.6) is 0 Å². The van der Waals surface area contributed by atoms with Crippen LogP contribution in [-0.4, -0.2) is 51.1 Å². The van der Waals surface area contributed by atoms with Gasteiger partial charge in [-0.15, -0.1) is 5.10 Å². The maximum atomic E-state index is 10.4. The third-order valence-corrected chi connectivity index (χ3v) is 2.42. The number of nitrogens with zero attached hydrogens (tertiary/aromatic N) is 4. The lowest BCUT2D eigenvalue weighted by Gasteiger charge is -2.21. The molecule has 0 radical (unpaired) electrons. The fourth-order valence-electron chi connectivity index (χ4n) is 1.62. The third-order valence-electron chi connectivity index (χ3n) is 2.42. The Balaban J connectivity index is 1.93.